The molecule has 1 N–H and O–H groups in total. The van der Waals surface area contributed by atoms with Gasteiger partial charge in [-0.3, -0.25) is 0 Å². The molecule has 1 aliphatic carbocycles. The van der Waals surface area contributed by atoms with E-state index < -0.39 is 0 Å². The molecule has 0 radical (unpaired) electrons. The fraction of sp³-hybridized carbons (Fsp3) is 0.684. The Morgan fingerprint density at radius 3 is 2.60 bits per heavy atom. The van der Waals surface area contributed by atoms with E-state index in [1.165, 1.54) is 41.6 Å². The Labute approximate surface area is 126 Å². The van der Waals surface area contributed by atoms with Crippen LogP contribution in [0, 0.1) is 17.8 Å². The minimum absolute atomic E-state index is 0.630. The van der Waals surface area contributed by atoms with Crippen LogP contribution in [-0.4, -0.2) is 7.05 Å². The first-order chi connectivity index (χ1) is 9.36. The SMILES string of the molecule is C=C1CCC(C)C(C(=C/NC)/C(C)=C(/C)CC(C)C)C1. The van der Waals surface area contributed by atoms with Crippen LogP contribution in [0.3, 0.4) is 0 Å². The normalized spacial score (nSPS) is 25.8. The van der Waals surface area contributed by atoms with Crippen LogP contribution in [-0.2, 0) is 0 Å². The van der Waals surface area contributed by atoms with Gasteiger partial charge in [-0.15, -0.1) is 0 Å². The smallest absolute Gasteiger partial charge is 0.00278 e. The highest BCUT2D eigenvalue weighted by molar-refractivity contribution is 5.36. The summed E-state index contributed by atoms with van der Waals surface area (Å²) in [4.78, 5) is 0. The van der Waals surface area contributed by atoms with Gasteiger partial charge in [0.15, 0.2) is 0 Å². The van der Waals surface area contributed by atoms with Crippen molar-refractivity contribution in [3.05, 3.63) is 35.1 Å². The minimum Gasteiger partial charge on any atom is -0.394 e. The summed E-state index contributed by atoms with van der Waals surface area (Å²) in [5, 5.41) is 3.26. The first-order valence-corrected chi connectivity index (χ1v) is 8.07. The molecule has 1 fully saturated rings. The van der Waals surface area contributed by atoms with Crippen molar-refractivity contribution in [2.24, 2.45) is 17.8 Å². The molecule has 2 atom stereocenters. The zero-order valence-electron chi connectivity index (χ0n) is 14.3. The summed E-state index contributed by atoms with van der Waals surface area (Å²) in [7, 11) is 2.01. The Bertz CT molecular complexity index is 398. The maximum Gasteiger partial charge on any atom is 0.00278 e. The highest BCUT2D eigenvalue weighted by Crippen LogP contribution is 2.40. The molecule has 1 heteroatoms. The van der Waals surface area contributed by atoms with Crippen molar-refractivity contribution >= 4 is 0 Å². The summed E-state index contributed by atoms with van der Waals surface area (Å²) in [5.74, 6) is 2.10. The van der Waals surface area contributed by atoms with Crippen molar-refractivity contribution in [2.75, 3.05) is 7.05 Å². The number of nitrogens with one attached hydrogen (secondary N) is 1. The van der Waals surface area contributed by atoms with Crippen LogP contribution in [0.2, 0.25) is 0 Å². The molecule has 0 aromatic carbocycles. The summed E-state index contributed by atoms with van der Waals surface area (Å²) < 4.78 is 0. The largest absolute Gasteiger partial charge is 0.394 e. The van der Waals surface area contributed by atoms with Gasteiger partial charge in [0.1, 0.15) is 0 Å². The monoisotopic (exact) mass is 275 g/mol. The topological polar surface area (TPSA) is 12.0 Å². The molecule has 0 aliphatic heterocycles. The third kappa shape index (κ3) is 4.54. The van der Waals surface area contributed by atoms with E-state index >= 15 is 0 Å². The van der Waals surface area contributed by atoms with Gasteiger partial charge in [0, 0.05) is 7.05 Å². The van der Waals surface area contributed by atoms with Crippen LogP contribution in [0.15, 0.2) is 35.1 Å². The maximum absolute atomic E-state index is 4.23. The Morgan fingerprint density at radius 1 is 1.40 bits per heavy atom. The lowest BCUT2D eigenvalue weighted by Gasteiger charge is -2.33. The van der Waals surface area contributed by atoms with Gasteiger partial charge in [0.05, 0.1) is 0 Å². The predicted molar refractivity (Wildman–Crippen MR) is 90.6 cm³/mol. The van der Waals surface area contributed by atoms with Crippen LogP contribution in [0.25, 0.3) is 0 Å². The molecule has 0 spiro atoms. The predicted octanol–water partition coefficient (Wildman–Crippen LogP) is 5.46. The summed E-state index contributed by atoms with van der Waals surface area (Å²) in [6.45, 7) is 15.8. The van der Waals surface area contributed by atoms with E-state index in [9.17, 15) is 0 Å². The molecule has 0 aromatic rings. The molecule has 0 amide bonds. The number of allylic oxidation sites excluding steroid dienone is 4. The van der Waals surface area contributed by atoms with E-state index in [0.717, 1.165) is 18.3 Å². The zero-order valence-corrected chi connectivity index (χ0v) is 14.3. The van der Waals surface area contributed by atoms with Gasteiger partial charge in [-0.25, -0.2) is 0 Å². The standard InChI is InChI=1S/C19H33N/c1-13(2)10-16(5)17(6)19(12-20-7)18-11-14(3)8-9-15(18)4/h12-13,15,18,20H,3,8-11H2,1-2,4-7H3/b17-16-,19-12+. The first kappa shape index (κ1) is 17.1. The highest BCUT2D eigenvalue weighted by Gasteiger charge is 2.27. The average molecular weight is 275 g/mol. The fourth-order valence-corrected chi connectivity index (χ4v) is 3.32. The lowest BCUT2D eigenvalue weighted by atomic mass is 9.72. The lowest BCUT2D eigenvalue weighted by molar-refractivity contribution is 0.343. The first-order valence-electron chi connectivity index (χ1n) is 8.07. The highest BCUT2D eigenvalue weighted by atomic mass is 14.8. The Hall–Kier alpha value is -0.980. The van der Waals surface area contributed by atoms with Gasteiger partial charge in [-0.05, 0) is 74.6 Å². The van der Waals surface area contributed by atoms with Crippen molar-refractivity contribution in [3.63, 3.8) is 0 Å². The third-order valence-corrected chi connectivity index (χ3v) is 4.64. The van der Waals surface area contributed by atoms with E-state index in [2.05, 4.69) is 52.7 Å². The molecule has 0 bridgehead atoms. The minimum atomic E-state index is 0.630. The molecular formula is C19H33N. The molecule has 2 unspecified atom stereocenters. The second-order valence-electron chi connectivity index (χ2n) is 6.97. The Kier molecular flexibility index (Phi) is 6.58. The Morgan fingerprint density at radius 2 is 2.05 bits per heavy atom. The molecule has 1 saturated carbocycles. The number of hydrogen-bond acceptors (Lipinski definition) is 1. The molecule has 114 valence electrons. The van der Waals surface area contributed by atoms with Crippen molar-refractivity contribution in [3.8, 4) is 0 Å². The number of hydrogen-bond donors (Lipinski definition) is 1. The molecular weight excluding hydrogens is 242 g/mol. The van der Waals surface area contributed by atoms with Gasteiger partial charge in [0.25, 0.3) is 0 Å². The van der Waals surface area contributed by atoms with Crippen LogP contribution in [0.4, 0.5) is 0 Å². The van der Waals surface area contributed by atoms with Gasteiger partial charge >= 0.3 is 0 Å². The summed E-state index contributed by atoms with van der Waals surface area (Å²) in [5.41, 5.74) is 5.94. The summed E-state index contributed by atoms with van der Waals surface area (Å²) in [6, 6.07) is 0. The quantitative estimate of drug-likeness (QED) is 0.518. The molecule has 0 heterocycles. The van der Waals surface area contributed by atoms with Gasteiger partial charge in [-0.2, -0.15) is 0 Å². The molecule has 1 nitrogen and oxygen atoms in total. The summed E-state index contributed by atoms with van der Waals surface area (Å²) >= 11 is 0. The molecule has 0 aromatic heterocycles. The second kappa shape index (κ2) is 7.71. The van der Waals surface area contributed by atoms with E-state index in [1.807, 2.05) is 7.05 Å². The van der Waals surface area contributed by atoms with Crippen LogP contribution in [0.1, 0.15) is 60.3 Å². The summed E-state index contributed by atoms with van der Waals surface area (Å²) in [6.07, 6.45) is 7.05. The second-order valence-corrected chi connectivity index (χ2v) is 6.97. The molecule has 0 saturated heterocycles. The van der Waals surface area contributed by atoms with Crippen LogP contribution >= 0.6 is 0 Å². The van der Waals surface area contributed by atoms with Crippen molar-refractivity contribution in [2.45, 2.75) is 60.3 Å². The van der Waals surface area contributed by atoms with Gasteiger partial charge < -0.3 is 5.32 Å². The van der Waals surface area contributed by atoms with E-state index in [0.29, 0.717) is 5.92 Å². The average Bonchev–Trinajstić information content (AvgIpc) is 2.37. The van der Waals surface area contributed by atoms with Crippen molar-refractivity contribution in [1.82, 2.24) is 5.32 Å². The zero-order chi connectivity index (χ0) is 15.3. The van der Waals surface area contributed by atoms with Crippen LogP contribution in [0.5, 0.6) is 0 Å². The number of rotatable bonds is 5. The van der Waals surface area contributed by atoms with Crippen LogP contribution < -0.4 is 5.32 Å². The van der Waals surface area contributed by atoms with E-state index in [-0.39, 0.29) is 0 Å². The van der Waals surface area contributed by atoms with Gasteiger partial charge in [0.2, 0.25) is 0 Å². The molecule has 1 rings (SSSR count). The maximum atomic E-state index is 4.23. The fourth-order valence-electron chi connectivity index (χ4n) is 3.32. The lowest BCUT2D eigenvalue weighted by Crippen LogP contribution is -2.22. The van der Waals surface area contributed by atoms with E-state index in [4.69, 9.17) is 0 Å². The third-order valence-electron chi connectivity index (χ3n) is 4.64. The van der Waals surface area contributed by atoms with Gasteiger partial charge in [-0.1, -0.05) is 38.5 Å². The van der Waals surface area contributed by atoms with Crippen molar-refractivity contribution < 1.29 is 0 Å². The Balaban J connectivity index is 3.04. The van der Waals surface area contributed by atoms with E-state index in [1.54, 1.807) is 0 Å². The molecule has 1 aliphatic rings. The molecule has 20 heavy (non-hydrogen) atoms. The van der Waals surface area contributed by atoms with Crippen molar-refractivity contribution in [1.29, 1.82) is 0 Å².